The zero-order chi connectivity index (χ0) is 34.7. The third kappa shape index (κ3) is 12.3. The lowest BCUT2D eigenvalue weighted by molar-refractivity contribution is -0.284. The Morgan fingerprint density at radius 3 is 2.09 bits per heavy atom. The number of sulfone groups is 1. The van der Waals surface area contributed by atoms with Crippen molar-refractivity contribution in [1.82, 2.24) is 4.90 Å². The number of phenols is 2. The van der Waals surface area contributed by atoms with E-state index in [1.165, 1.54) is 17.7 Å². The van der Waals surface area contributed by atoms with Crippen molar-refractivity contribution in [1.29, 1.82) is 0 Å². The molecule has 0 aliphatic heterocycles. The number of alkyl halides is 5. The van der Waals surface area contributed by atoms with Gasteiger partial charge in [-0.15, -0.1) is 0 Å². The van der Waals surface area contributed by atoms with Gasteiger partial charge in [-0.1, -0.05) is 37.8 Å². The summed E-state index contributed by atoms with van der Waals surface area (Å²) in [5.74, 6) is -6.53. The number of hydrogen-bond donors (Lipinski definition) is 2. The number of phenolic OH excluding ortho intramolecular Hbond substituents is 2. The third-order valence-electron chi connectivity index (χ3n) is 8.77. The van der Waals surface area contributed by atoms with E-state index in [9.17, 15) is 45.0 Å². The second-order valence-corrected chi connectivity index (χ2v) is 15.0. The fraction of sp³-hybridized carbons (Fsp3) is 0.600. The lowest BCUT2D eigenvalue weighted by Crippen LogP contribution is -2.36. The molecule has 5 nitrogen and oxygen atoms in total. The van der Waals surface area contributed by atoms with Gasteiger partial charge in [0, 0.05) is 6.42 Å². The lowest BCUT2D eigenvalue weighted by atomic mass is 9.89. The van der Waals surface area contributed by atoms with Gasteiger partial charge in [0.1, 0.15) is 15.6 Å². The average Bonchev–Trinajstić information content (AvgIpc) is 3.16. The van der Waals surface area contributed by atoms with Crippen LogP contribution in [0.25, 0.3) is 11.1 Å². The molecule has 3 rings (SSSR count). The van der Waals surface area contributed by atoms with Crippen LogP contribution in [0.2, 0.25) is 0 Å². The molecule has 0 heterocycles. The number of hydrogen-bond acceptors (Lipinski definition) is 5. The van der Waals surface area contributed by atoms with E-state index in [2.05, 4.69) is 4.90 Å². The molecule has 12 heteroatoms. The van der Waals surface area contributed by atoms with E-state index in [0.717, 1.165) is 99.6 Å². The Kier molecular flexibility index (Phi) is 14.5. The van der Waals surface area contributed by atoms with E-state index in [-0.39, 0.29) is 17.3 Å². The van der Waals surface area contributed by atoms with Gasteiger partial charge in [0.05, 0.1) is 11.5 Å². The SMILES string of the molecule is CN(CCCCCCC1=C(c2ccc(F)c(O)c2)CCCc2cc(O)ccc21)CCCCCCS(=O)(=O)CCCC(F)(F)C(F)(F)F. The van der Waals surface area contributed by atoms with Crippen molar-refractivity contribution in [2.24, 2.45) is 0 Å². The number of allylic oxidation sites excluding steroid dienone is 2. The summed E-state index contributed by atoms with van der Waals surface area (Å²) in [4.78, 5) is 2.23. The van der Waals surface area contributed by atoms with Crippen LogP contribution < -0.4 is 0 Å². The molecule has 1 aliphatic rings. The van der Waals surface area contributed by atoms with E-state index in [1.807, 2.05) is 19.2 Å². The van der Waals surface area contributed by atoms with Crippen LogP contribution in [0.1, 0.15) is 100 Å². The van der Waals surface area contributed by atoms with Crippen molar-refractivity contribution >= 4 is 21.0 Å². The standard InChI is InChI=1S/C35H47F6NO4S/c1-42(21-8-4-5-9-22-47(45,46)23-11-19-34(37,38)35(39,40)41)20-7-3-2-6-13-31-29(27-15-18-32(36)33(44)25-27)14-10-12-26-24-28(43)16-17-30(26)31/h15-18,24-25,43-44H,2-14,19-23H2,1H3. The van der Waals surface area contributed by atoms with E-state index in [1.54, 1.807) is 12.1 Å². The van der Waals surface area contributed by atoms with Gasteiger partial charge in [0.2, 0.25) is 0 Å². The number of benzene rings is 2. The second-order valence-electron chi connectivity index (χ2n) is 12.7. The first kappa shape index (κ1) is 38.7. The predicted molar refractivity (Wildman–Crippen MR) is 174 cm³/mol. The highest BCUT2D eigenvalue weighted by Crippen LogP contribution is 2.41. The summed E-state index contributed by atoms with van der Waals surface area (Å²) in [5, 5.41) is 20.1. The molecule has 2 aromatic carbocycles. The zero-order valence-corrected chi connectivity index (χ0v) is 27.8. The number of aromatic hydroxyl groups is 2. The van der Waals surface area contributed by atoms with E-state index >= 15 is 0 Å². The first-order chi connectivity index (χ1) is 22.1. The normalized spacial score (nSPS) is 14.5. The highest BCUT2D eigenvalue weighted by molar-refractivity contribution is 7.91. The maximum absolute atomic E-state index is 13.8. The number of unbranched alkanes of at least 4 members (excludes halogenated alkanes) is 6. The molecule has 0 spiro atoms. The summed E-state index contributed by atoms with van der Waals surface area (Å²) < 4.78 is 100. The molecular weight excluding hydrogens is 644 g/mol. The molecule has 0 atom stereocenters. The molecule has 0 unspecified atom stereocenters. The van der Waals surface area contributed by atoms with Gasteiger partial charge in [-0.2, -0.15) is 22.0 Å². The summed E-state index contributed by atoms with van der Waals surface area (Å²) in [7, 11) is -1.63. The van der Waals surface area contributed by atoms with Gasteiger partial charge >= 0.3 is 12.1 Å². The van der Waals surface area contributed by atoms with Gasteiger partial charge in [-0.05, 0) is 130 Å². The third-order valence-corrected chi connectivity index (χ3v) is 10.6. The maximum Gasteiger partial charge on any atom is 0.453 e. The van der Waals surface area contributed by atoms with Crippen LogP contribution in [-0.2, 0) is 16.3 Å². The molecule has 1 aliphatic carbocycles. The summed E-state index contributed by atoms with van der Waals surface area (Å²) in [6, 6.07) is 9.96. The van der Waals surface area contributed by atoms with Gasteiger partial charge < -0.3 is 15.1 Å². The number of aryl methyl sites for hydroxylation is 1. The van der Waals surface area contributed by atoms with Crippen LogP contribution in [0, 0.1) is 5.82 Å². The molecule has 0 amide bonds. The van der Waals surface area contributed by atoms with Crippen molar-refractivity contribution in [3.05, 3.63) is 58.9 Å². The topological polar surface area (TPSA) is 77.8 Å². The molecular formula is C35H47F6NO4S. The van der Waals surface area contributed by atoms with E-state index in [0.29, 0.717) is 12.8 Å². The van der Waals surface area contributed by atoms with Crippen LogP contribution in [0.15, 0.2) is 36.4 Å². The van der Waals surface area contributed by atoms with Crippen molar-refractivity contribution in [2.45, 2.75) is 102 Å². The lowest BCUT2D eigenvalue weighted by Gasteiger charge is -2.19. The quantitative estimate of drug-likeness (QED) is 0.113. The molecule has 0 radical (unpaired) electrons. The number of fused-ring (bicyclic) bond motifs is 1. The van der Waals surface area contributed by atoms with Crippen LogP contribution in [-0.4, -0.2) is 67.3 Å². The second kappa shape index (κ2) is 17.6. The highest BCUT2D eigenvalue weighted by atomic mass is 32.2. The van der Waals surface area contributed by atoms with Crippen molar-refractivity contribution < 1.29 is 45.0 Å². The Hall–Kier alpha value is -2.73. The molecule has 264 valence electrons. The van der Waals surface area contributed by atoms with Gasteiger partial charge in [0.15, 0.2) is 11.6 Å². The highest BCUT2D eigenvalue weighted by Gasteiger charge is 2.56. The minimum Gasteiger partial charge on any atom is -0.508 e. The smallest absolute Gasteiger partial charge is 0.453 e. The average molecular weight is 692 g/mol. The molecule has 47 heavy (non-hydrogen) atoms. The molecule has 0 fully saturated rings. The number of nitrogens with zero attached hydrogens (tertiary/aromatic N) is 1. The van der Waals surface area contributed by atoms with Crippen molar-refractivity contribution in [3.63, 3.8) is 0 Å². The molecule has 0 bridgehead atoms. The zero-order valence-electron chi connectivity index (χ0n) is 27.0. The molecule has 2 aromatic rings. The summed E-state index contributed by atoms with van der Waals surface area (Å²) in [5.41, 5.74) is 5.29. The minimum absolute atomic E-state index is 0.209. The van der Waals surface area contributed by atoms with Gasteiger partial charge in [-0.25, -0.2) is 12.8 Å². The number of halogens is 6. The predicted octanol–water partition coefficient (Wildman–Crippen LogP) is 9.32. The summed E-state index contributed by atoms with van der Waals surface area (Å²) in [6.45, 7) is 1.77. The van der Waals surface area contributed by atoms with Crippen molar-refractivity contribution in [3.8, 4) is 11.5 Å². The Bertz CT molecular complexity index is 1440. The van der Waals surface area contributed by atoms with E-state index < -0.39 is 46.3 Å². The Morgan fingerprint density at radius 1 is 0.787 bits per heavy atom. The minimum atomic E-state index is -5.67. The summed E-state index contributed by atoms with van der Waals surface area (Å²) >= 11 is 0. The largest absolute Gasteiger partial charge is 0.508 e. The Labute approximate surface area is 274 Å². The first-order valence-corrected chi connectivity index (χ1v) is 18.3. The monoisotopic (exact) mass is 691 g/mol. The summed E-state index contributed by atoms with van der Waals surface area (Å²) in [6.07, 6.45) is 2.14. The fourth-order valence-electron chi connectivity index (χ4n) is 6.12. The number of rotatable bonds is 19. The first-order valence-electron chi connectivity index (χ1n) is 16.5. The van der Waals surface area contributed by atoms with E-state index in [4.69, 9.17) is 0 Å². The van der Waals surface area contributed by atoms with Crippen LogP contribution in [0.4, 0.5) is 26.3 Å². The molecule has 0 saturated heterocycles. The van der Waals surface area contributed by atoms with Gasteiger partial charge in [-0.3, -0.25) is 0 Å². The maximum atomic E-state index is 13.8. The Balaban J connectivity index is 1.35. The Morgan fingerprint density at radius 2 is 1.43 bits per heavy atom. The molecule has 0 saturated carbocycles. The van der Waals surface area contributed by atoms with Gasteiger partial charge in [0.25, 0.3) is 0 Å². The van der Waals surface area contributed by atoms with Crippen molar-refractivity contribution in [2.75, 3.05) is 31.6 Å². The van der Waals surface area contributed by atoms with Crippen LogP contribution in [0.3, 0.4) is 0 Å². The molecule has 0 aromatic heterocycles. The van der Waals surface area contributed by atoms with Crippen LogP contribution in [0.5, 0.6) is 11.5 Å². The molecule has 2 N–H and O–H groups in total. The fourth-order valence-corrected chi connectivity index (χ4v) is 7.55. The van der Waals surface area contributed by atoms with Crippen LogP contribution >= 0.6 is 0 Å².